The van der Waals surface area contributed by atoms with Crippen LogP contribution in [0.2, 0.25) is 0 Å². The van der Waals surface area contributed by atoms with Crippen LogP contribution in [0.3, 0.4) is 0 Å². The van der Waals surface area contributed by atoms with Crippen LogP contribution in [0.1, 0.15) is 39.0 Å². The molecule has 0 saturated carbocycles. The molecule has 0 aliphatic heterocycles. The Morgan fingerprint density at radius 3 is 2.82 bits per heavy atom. The molecule has 0 fully saturated rings. The maximum Gasteiger partial charge on any atom is 0.282 e. The van der Waals surface area contributed by atoms with Crippen molar-refractivity contribution in [2.45, 2.75) is 39.0 Å². The van der Waals surface area contributed by atoms with Crippen molar-refractivity contribution in [2.75, 3.05) is 0 Å². The van der Waals surface area contributed by atoms with Crippen molar-refractivity contribution in [2.24, 2.45) is 0 Å². The van der Waals surface area contributed by atoms with E-state index in [-0.39, 0.29) is 0 Å². The zero-order valence-corrected chi connectivity index (χ0v) is 7.86. The summed E-state index contributed by atoms with van der Waals surface area (Å²) in [4.78, 5) is 0. The van der Waals surface area contributed by atoms with Gasteiger partial charge in [0.25, 0.3) is 6.07 Å². The fraction of sp³-hybridized carbons (Fsp3) is 0.667. The predicted molar refractivity (Wildman–Crippen MR) is 52.5 cm³/mol. The molecule has 0 aromatic heterocycles. The Bertz CT molecular complexity index is 153. The third-order valence-corrected chi connectivity index (χ3v) is 1.57. The Morgan fingerprint density at radius 2 is 2.18 bits per heavy atom. The van der Waals surface area contributed by atoms with Gasteiger partial charge in [-0.1, -0.05) is 32.3 Å². The largest absolute Gasteiger partial charge is 0.282 e. The second-order valence-corrected chi connectivity index (χ2v) is 2.65. The second kappa shape index (κ2) is 9.45. The minimum absolute atomic E-state index is 1.12. The number of nitrogens with zero attached hydrogens (tertiary/aromatic N) is 1. The van der Waals surface area contributed by atoms with Crippen molar-refractivity contribution in [1.82, 2.24) is 0 Å². The molecule has 0 radical (unpaired) electrons. The number of rotatable bonds is 5. The number of hydrogen-bond acceptors (Lipinski definition) is 1. The fourth-order valence-electron chi connectivity index (χ4n) is 0.855. The summed E-state index contributed by atoms with van der Waals surface area (Å²) in [6.45, 7) is 2.22. The second-order valence-electron chi connectivity index (χ2n) is 2.47. The van der Waals surface area contributed by atoms with Crippen LogP contribution in [-0.2, 0) is 12.8 Å². The van der Waals surface area contributed by atoms with Crippen LogP contribution in [0.5, 0.6) is 0 Å². The first-order valence-electron chi connectivity index (χ1n) is 4.14. The van der Waals surface area contributed by atoms with E-state index in [0.717, 1.165) is 6.42 Å². The molecule has 0 aromatic carbocycles. The van der Waals surface area contributed by atoms with E-state index in [0.29, 0.717) is 0 Å². The first-order valence-corrected chi connectivity index (χ1v) is 4.51. The molecule has 0 spiro atoms. The monoisotopic (exact) mass is 169 g/mol. The lowest BCUT2D eigenvalue weighted by molar-refractivity contribution is 0.674. The first-order chi connectivity index (χ1) is 5.41. The molecular weight excluding hydrogens is 154 g/mol. The summed E-state index contributed by atoms with van der Waals surface area (Å²) in [6.07, 6.45) is 10.2. The maximum atomic E-state index is 4.33. The van der Waals surface area contributed by atoms with Crippen LogP contribution >= 0.6 is 0 Å². The average molecular weight is 169 g/mol. The molecule has 0 aliphatic rings. The van der Waals surface area contributed by atoms with E-state index in [1.807, 2.05) is 0 Å². The molecule has 0 heterocycles. The zero-order chi connectivity index (χ0) is 8.36. The lowest BCUT2D eigenvalue weighted by Gasteiger charge is -1.92. The molecule has 11 heavy (non-hydrogen) atoms. The SMILES string of the molecule is CCCCCCC=CC#[N+][S-]. The summed E-state index contributed by atoms with van der Waals surface area (Å²) in [5, 5.41) is 0. The molecule has 0 rings (SSSR count). The summed E-state index contributed by atoms with van der Waals surface area (Å²) in [7, 11) is 0. The summed E-state index contributed by atoms with van der Waals surface area (Å²) >= 11 is 4.33. The molecular formula is C9H15NS. The Hall–Kier alpha value is -0.550. The van der Waals surface area contributed by atoms with Crippen molar-refractivity contribution in [3.63, 3.8) is 0 Å². The van der Waals surface area contributed by atoms with Gasteiger partial charge in [-0.2, -0.15) is 4.25 Å². The zero-order valence-electron chi connectivity index (χ0n) is 7.05. The summed E-state index contributed by atoms with van der Waals surface area (Å²) in [5.41, 5.74) is 0. The number of unbranched alkanes of at least 4 members (excludes halogenated alkanes) is 4. The molecule has 62 valence electrons. The van der Waals surface area contributed by atoms with Gasteiger partial charge in [-0.3, -0.25) is 12.8 Å². The molecule has 0 saturated heterocycles. The van der Waals surface area contributed by atoms with Gasteiger partial charge in [-0.05, 0) is 12.8 Å². The quantitative estimate of drug-likeness (QED) is 0.347. The highest BCUT2D eigenvalue weighted by atomic mass is 32.1. The molecule has 0 atom stereocenters. The lowest BCUT2D eigenvalue weighted by atomic mass is 10.1. The topological polar surface area (TPSA) is 4.36 Å². The predicted octanol–water partition coefficient (Wildman–Crippen LogP) is 3.31. The molecule has 0 unspecified atom stereocenters. The van der Waals surface area contributed by atoms with E-state index in [4.69, 9.17) is 0 Å². The van der Waals surface area contributed by atoms with Gasteiger partial charge in [0.2, 0.25) is 0 Å². The summed E-state index contributed by atoms with van der Waals surface area (Å²) in [6, 6.07) is 2.60. The minimum atomic E-state index is 1.12. The highest BCUT2D eigenvalue weighted by molar-refractivity contribution is 7.61. The van der Waals surface area contributed by atoms with Crippen LogP contribution < -0.4 is 0 Å². The summed E-state index contributed by atoms with van der Waals surface area (Å²) in [5.74, 6) is 0. The fourth-order valence-corrected chi connectivity index (χ4v) is 0.916. The van der Waals surface area contributed by atoms with Crippen LogP contribution in [0.15, 0.2) is 12.2 Å². The Balaban J connectivity index is 3.05. The highest BCUT2D eigenvalue weighted by Gasteiger charge is 1.83. The van der Waals surface area contributed by atoms with Gasteiger partial charge in [0.1, 0.15) is 0 Å². The number of hydrogen-bond donors (Lipinski definition) is 0. The van der Waals surface area contributed by atoms with E-state index in [1.165, 1.54) is 25.7 Å². The van der Waals surface area contributed by atoms with Crippen LogP contribution in [0.4, 0.5) is 0 Å². The van der Waals surface area contributed by atoms with Gasteiger partial charge in [0.15, 0.2) is 0 Å². The van der Waals surface area contributed by atoms with Crippen molar-refractivity contribution in [3.05, 3.63) is 16.4 Å². The lowest BCUT2D eigenvalue weighted by Crippen LogP contribution is -1.72. The molecule has 0 aliphatic carbocycles. The molecule has 0 aromatic rings. The van der Waals surface area contributed by atoms with E-state index >= 15 is 0 Å². The normalized spacial score (nSPS) is 9.55. The van der Waals surface area contributed by atoms with Gasteiger partial charge >= 0.3 is 0 Å². The Kier molecular flexibility index (Phi) is 8.98. The Labute approximate surface area is 74.9 Å². The first kappa shape index (κ1) is 10.4. The van der Waals surface area contributed by atoms with E-state index in [2.05, 4.69) is 36.1 Å². The standard InChI is InChI=1S/C9H15NS/c1-2-3-4-5-6-7-8-9-10-11/h7-8H,2-6H2,1H3. The molecule has 0 amide bonds. The van der Waals surface area contributed by atoms with E-state index in [9.17, 15) is 0 Å². The van der Waals surface area contributed by atoms with Gasteiger partial charge in [0.05, 0.1) is 6.08 Å². The van der Waals surface area contributed by atoms with Crippen LogP contribution in [-0.4, -0.2) is 0 Å². The van der Waals surface area contributed by atoms with Crippen LogP contribution in [0.25, 0.3) is 4.25 Å². The van der Waals surface area contributed by atoms with E-state index < -0.39 is 0 Å². The van der Waals surface area contributed by atoms with Crippen molar-refractivity contribution in [1.29, 1.82) is 0 Å². The highest BCUT2D eigenvalue weighted by Crippen LogP contribution is 2.02. The summed E-state index contributed by atoms with van der Waals surface area (Å²) < 4.78 is 3.32. The van der Waals surface area contributed by atoms with E-state index in [1.54, 1.807) is 6.08 Å². The molecule has 1 nitrogen and oxygen atoms in total. The Morgan fingerprint density at radius 1 is 1.36 bits per heavy atom. The van der Waals surface area contributed by atoms with Gasteiger partial charge in [-0.15, -0.1) is 0 Å². The van der Waals surface area contributed by atoms with Gasteiger partial charge < -0.3 is 0 Å². The smallest absolute Gasteiger partial charge is 0.263 e. The minimum Gasteiger partial charge on any atom is -0.263 e. The third kappa shape index (κ3) is 9.45. The van der Waals surface area contributed by atoms with Crippen molar-refractivity contribution < 1.29 is 0 Å². The van der Waals surface area contributed by atoms with Crippen molar-refractivity contribution >= 4 is 12.8 Å². The molecule has 0 N–H and O–H groups in total. The third-order valence-electron chi connectivity index (χ3n) is 1.47. The average Bonchev–Trinajstić information content (AvgIpc) is 2.03. The van der Waals surface area contributed by atoms with Gasteiger partial charge in [-0.25, -0.2) is 0 Å². The van der Waals surface area contributed by atoms with Crippen molar-refractivity contribution in [3.8, 4) is 6.07 Å². The van der Waals surface area contributed by atoms with Crippen LogP contribution in [0, 0.1) is 6.07 Å². The van der Waals surface area contributed by atoms with Gasteiger partial charge in [0, 0.05) is 0 Å². The molecule has 2 heteroatoms. The molecule has 0 bridgehead atoms. The number of allylic oxidation sites excluding steroid dienone is 2. The maximum absolute atomic E-state index is 4.33.